The molecule has 1 saturated heterocycles. The van der Waals surface area contributed by atoms with Gasteiger partial charge in [-0.25, -0.2) is 0 Å². The predicted molar refractivity (Wildman–Crippen MR) is 154 cm³/mol. The Labute approximate surface area is 238 Å². The molecule has 0 unspecified atom stereocenters. The van der Waals surface area contributed by atoms with Gasteiger partial charge in [0.1, 0.15) is 18.1 Å². The summed E-state index contributed by atoms with van der Waals surface area (Å²) in [5.41, 5.74) is 3.97. The van der Waals surface area contributed by atoms with Crippen LogP contribution >= 0.6 is 0 Å². The molecule has 1 N–H and O–H groups in total. The van der Waals surface area contributed by atoms with Crippen LogP contribution in [0.4, 0.5) is 0 Å². The maximum absolute atomic E-state index is 13.4. The Morgan fingerprint density at radius 3 is 2.29 bits per heavy atom. The highest BCUT2D eigenvalue weighted by Crippen LogP contribution is 2.42. The molecule has 1 aliphatic heterocycles. The van der Waals surface area contributed by atoms with Crippen LogP contribution in [0.3, 0.4) is 0 Å². The molecule has 0 saturated carbocycles. The average Bonchev–Trinajstić information content (AvgIpc) is 3.25. The monoisotopic (exact) mass is 550 g/mol. The van der Waals surface area contributed by atoms with Crippen molar-refractivity contribution in [2.75, 3.05) is 14.2 Å². The van der Waals surface area contributed by atoms with Crippen LogP contribution in [0, 0.1) is 6.92 Å². The third-order valence-electron chi connectivity index (χ3n) is 7.15. The normalized spacial score (nSPS) is 16.1. The Kier molecular flexibility index (Phi) is 8.01. The van der Waals surface area contributed by atoms with E-state index < -0.39 is 17.7 Å². The van der Waals surface area contributed by atoms with Crippen LogP contribution in [-0.4, -0.2) is 40.9 Å². The van der Waals surface area contributed by atoms with Crippen molar-refractivity contribution in [1.82, 2.24) is 9.88 Å². The second kappa shape index (κ2) is 12.0. The number of aliphatic hydroxyl groups is 1. The van der Waals surface area contributed by atoms with E-state index in [-0.39, 0.29) is 17.9 Å². The van der Waals surface area contributed by atoms with Crippen molar-refractivity contribution >= 4 is 17.4 Å². The summed E-state index contributed by atoms with van der Waals surface area (Å²) < 4.78 is 16.8. The maximum atomic E-state index is 13.4. The summed E-state index contributed by atoms with van der Waals surface area (Å²) in [5.74, 6) is -0.193. The van der Waals surface area contributed by atoms with E-state index in [1.807, 2.05) is 31.2 Å². The van der Waals surface area contributed by atoms with Gasteiger partial charge in [0.05, 0.1) is 25.8 Å². The quantitative estimate of drug-likeness (QED) is 0.164. The molecule has 0 radical (unpaired) electrons. The van der Waals surface area contributed by atoms with Gasteiger partial charge in [0.15, 0.2) is 11.5 Å². The van der Waals surface area contributed by atoms with Crippen LogP contribution < -0.4 is 14.2 Å². The number of Topliss-reactive ketones (excluding diaryl/α,β-unsaturated/α-hetero) is 1. The van der Waals surface area contributed by atoms with Crippen molar-refractivity contribution in [3.05, 3.63) is 125 Å². The number of ether oxygens (including phenoxy) is 3. The Balaban J connectivity index is 1.51. The number of aliphatic hydroxyl groups excluding tert-OH is 1. The highest BCUT2D eigenvalue weighted by Gasteiger charge is 2.46. The maximum Gasteiger partial charge on any atom is 0.295 e. The molecule has 4 aromatic rings. The zero-order valence-corrected chi connectivity index (χ0v) is 23.0. The molecule has 5 rings (SSSR count). The minimum Gasteiger partial charge on any atom is -0.507 e. The first-order valence-corrected chi connectivity index (χ1v) is 13.1. The van der Waals surface area contributed by atoms with Gasteiger partial charge in [0, 0.05) is 24.5 Å². The molecule has 1 fully saturated rings. The van der Waals surface area contributed by atoms with Crippen molar-refractivity contribution in [1.29, 1.82) is 0 Å². The lowest BCUT2D eigenvalue weighted by Crippen LogP contribution is -2.29. The van der Waals surface area contributed by atoms with Gasteiger partial charge >= 0.3 is 0 Å². The topological polar surface area (TPSA) is 98.2 Å². The first-order valence-electron chi connectivity index (χ1n) is 13.1. The van der Waals surface area contributed by atoms with E-state index in [1.54, 1.807) is 67.0 Å². The molecule has 41 heavy (non-hydrogen) atoms. The van der Waals surface area contributed by atoms with E-state index in [2.05, 4.69) is 4.98 Å². The number of carbonyl (C=O) groups excluding carboxylic acids is 2. The zero-order chi connectivity index (χ0) is 28.9. The fraction of sp³-hybridized carbons (Fsp3) is 0.182. The Hall–Kier alpha value is -5.11. The van der Waals surface area contributed by atoms with E-state index in [4.69, 9.17) is 14.2 Å². The van der Waals surface area contributed by atoms with E-state index in [0.717, 1.165) is 16.7 Å². The number of hydrogen-bond acceptors (Lipinski definition) is 7. The van der Waals surface area contributed by atoms with E-state index >= 15 is 0 Å². The number of hydrogen-bond donors (Lipinski definition) is 1. The Morgan fingerprint density at radius 2 is 1.61 bits per heavy atom. The summed E-state index contributed by atoms with van der Waals surface area (Å²) in [7, 11) is 3.04. The van der Waals surface area contributed by atoms with Crippen molar-refractivity contribution in [2.24, 2.45) is 0 Å². The Morgan fingerprint density at radius 1 is 0.902 bits per heavy atom. The van der Waals surface area contributed by atoms with Crippen LogP contribution in [-0.2, 0) is 22.7 Å². The molecule has 2 heterocycles. The van der Waals surface area contributed by atoms with Gasteiger partial charge in [-0.2, -0.15) is 0 Å². The number of methoxy groups -OCH3 is 2. The minimum atomic E-state index is -0.861. The molecule has 0 spiro atoms. The van der Waals surface area contributed by atoms with Crippen molar-refractivity contribution in [3.63, 3.8) is 0 Å². The lowest BCUT2D eigenvalue weighted by Gasteiger charge is -2.26. The number of amides is 1. The van der Waals surface area contributed by atoms with Crippen molar-refractivity contribution < 1.29 is 28.9 Å². The fourth-order valence-electron chi connectivity index (χ4n) is 4.90. The van der Waals surface area contributed by atoms with Crippen LogP contribution in [0.15, 0.2) is 96.8 Å². The van der Waals surface area contributed by atoms with Gasteiger partial charge in [-0.15, -0.1) is 0 Å². The number of aryl methyl sites for hydroxylation is 1. The summed E-state index contributed by atoms with van der Waals surface area (Å²) in [4.78, 5) is 32.3. The summed E-state index contributed by atoms with van der Waals surface area (Å²) in [5, 5.41) is 11.5. The highest BCUT2D eigenvalue weighted by atomic mass is 16.5. The number of ketones is 1. The van der Waals surface area contributed by atoms with Gasteiger partial charge in [-0.3, -0.25) is 14.6 Å². The first-order chi connectivity index (χ1) is 19.9. The molecular weight excluding hydrogens is 520 g/mol. The lowest BCUT2D eigenvalue weighted by atomic mass is 9.94. The molecule has 1 aliphatic rings. The minimum absolute atomic E-state index is 0.00939. The van der Waals surface area contributed by atoms with Crippen molar-refractivity contribution in [2.45, 2.75) is 26.1 Å². The van der Waals surface area contributed by atoms with Crippen LogP contribution in [0.5, 0.6) is 17.2 Å². The van der Waals surface area contributed by atoms with Crippen LogP contribution in [0.1, 0.15) is 33.9 Å². The van der Waals surface area contributed by atoms with E-state index in [0.29, 0.717) is 35.0 Å². The number of nitrogens with zero attached hydrogens (tertiary/aromatic N) is 2. The van der Waals surface area contributed by atoms with E-state index in [1.165, 1.54) is 19.1 Å². The first kappa shape index (κ1) is 27.5. The molecule has 0 bridgehead atoms. The molecule has 3 aromatic carbocycles. The van der Waals surface area contributed by atoms with Gasteiger partial charge in [0.25, 0.3) is 11.7 Å². The second-order valence-corrected chi connectivity index (χ2v) is 9.64. The highest BCUT2D eigenvalue weighted by molar-refractivity contribution is 6.46. The summed E-state index contributed by atoms with van der Waals surface area (Å²) >= 11 is 0. The van der Waals surface area contributed by atoms with Crippen LogP contribution in [0.25, 0.3) is 5.76 Å². The summed E-state index contributed by atoms with van der Waals surface area (Å²) in [6.45, 7) is 2.57. The molecule has 1 amide bonds. The van der Waals surface area contributed by atoms with Gasteiger partial charge in [0.2, 0.25) is 0 Å². The fourth-order valence-corrected chi connectivity index (χ4v) is 4.90. The van der Waals surface area contributed by atoms with Gasteiger partial charge in [-0.05, 0) is 77.7 Å². The SMILES string of the molecule is COc1ccc([C@H]2/C(=C(\O)c3ccc(OCc4ccccc4C)cc3)C(=O)C(=O)N2Cc2ccncc2)cc1OC. The standard InChI is InChI=1S/C33H30N2O6/c1-21-6-4-5-7-25(21)20-41-26-11-8-23(9-12-26)31(36)29-30(24-10-13-27(39-2)28(18-24)40-3)35(33(38)32(29)37)19-22-14-16-34-17-15-22/h4-18,30,36H,19-20H2,1-3H3/b31-29+/t30-/m0/s1. The smallest absolute Gasteiger partial charge is 0.295 e. The van der Waals surface area contributed by atoms with Crippen molar-refractivity contribution in [3.8, 4) is 17.2 Å². The number of benzene rings is 3. The molecular formula is C33H30N2O6. The van der Waals surface area contributed by atoms with Gasteiger partial charge < -0.3 is 24.2 Å². The summed E-state index contributed by atoms with van der Waals surface area (Å²) in [6, 6.07) is 22.7. The number of pyridine rings is 1. The zero-order valence-electron chi connectivity index (χ0n) is 23.0. The summed E-state index contributed by atoms with van der Waals surface area (Å²) in [6.07, 6.45) is 3.25. The molecule has 8 nitrogen and oxygen atoms in total. The number of aromatic nitrogens is 1. The molecule has 1 atom stereocenters. The van der Waals surface area contributed by atoms with Crippen LogP contribution in [0.2, 0.25) is 0 Å². The largest absolute Gasteiger partial charge is 0.507 e. The molecule has 208 valence electrons. The lowest BCUT2D eigenvalue weighted by molar-refractivity contribution is -0.140. The van der Waals surface area contributed by atoms with E-state index in [9.17, 15) is 14.7 Å². The number of rotatable bonds is 9. The predicted octanol–water partition coefficient (Wildman–Crippen LogP) is 5.61. The third-order valence-corrected chi connectivity index (χ3v) is 7.15. The molecule has 8 heteroatoms. The van der Waals surface area contributed by atoms with Gasteiger partial charge in [-0.1, -0.05) is 30.3 Å². The molecule has 1 aromatic heterocycles. The number of carbonyl (C=O) groups is 2. The molecule has 0 aliphatic carbocycles. The number of likely N-dealkylation sites (tertiary alicyclic amines) is 1. The average molecular weight is 551 g/mol. The Bertz CT molecular complexity index is 1600. The third kappa shape index (κ3) is 5.63. The second-order valence-electron chi connectivity index (χ2n) is 9.64.